The number of amides is 2. The first kappa shape index (κ1) is 22.5. The Hall–Kier alpha value is -3.69. The number of thiazole rings is 1. The van der Waals surface area contributed by atoms with Crippen molar-refractivity contribution in [1.29, 1.82) is 0 Å². The molecule has 2 N–H and O–H groups in total. The van der Waals surface area contributed by atoms with Crippen LogP contribution in [0.15, 0.2) is 64.6 Å². The van der Waals surface area contributed by atoms with Crippen molar-refractivity contribution in [1.82, 2.24) is 10.1 Å². The number of carbonyl (C=O) groups is 2. The third-order valence-corrected chi connectivity index (χ3v) is 5.86. The third-order valence-electron chi connectivity index (χ3n) is 4.75. The molecule has 2 aromatic carbocycles. The van der Waals surface area contributed by atoms with Gasteiger partial charge in [0, 0.05) is 33.4 Å². The van der Waals surface area contributed by atoms with E-state index in [0.29, 0.717) is 44.0 Å². The first-order valence-electron chi connectivity index (χ1n) is 9.92. The van der Waals surface area contributed by atoms with Gasteiger partial charge in [-0.25, -0.2) is 9.78 Å². The lowest BCUT2D eigenvalue weighted by molar-refractivity contribution is 0.102. The number of hydrogen-bond donors (Lipinski definition) is 2. The number of hydrogen-bond acceptors (Lipinski definition) is 7. The van der Waals surface area contributed by atoms with Gasteiger partial charge in [-0.3, -0.25) is 10.1 Å². The first-order valence-corrected chi connectivity index (χ1v) is 11.2. The first-order chi connectivity index (χ1) is 15.9. The second kappa shape index (κ2) is 9.85. The van der Waals surface area contributed by atoms with Gasteiger partial charge in [-0.15, -0.1) is 11.3 Å². The van der Waals surface area contributed by atoms with Crippen molar-refractivity contribution in [3.8, 4) is 11.3 Å². The average molecular weight is 483 g/mol. The maximum Gasteiger partial charge on any atom is 0.412 e. The minimum Gasteiger partial charge on any atom is -0.441 e. The van der Waals surface area contributed by atoms with Gasteiger partial charge in [0.2, 0.25) is 0 Å². The summed E-state index contributed by atoms with van der Waals surface area (Å²) in [7, 11) is 0. The van der Waals surface area contributed by atoms with E-state index in [1.54, 1.807) is 67.9 Å². The van der Waals surface area contributed by atoms with E-state index in [2.05, 4.69) is 20.8 Å². The predicted octanol–water partition coefficient (Wildman–Crippen LogP) is 6.32. The number of aromatic nitrogens is 2. The molecule has 33 heavy (non-hydrogen) atoms. The Labute approximate surface area is 198 Å². The van der Waals surface area contributed by atoms with Crippen LogP contribution in [-0.4, -0.2) is 22.1 Å². The minimum absolute atomic E-state index is 0.286. The maximum absolute atomic E-state index is 12.5. The van der Waals surface area contributed by atoms with Gasteiger partial charge in [0.15, 0.2) is 10.8 Å². The van der Waals surface area contributed by atoms with Gasteiger partial charge >= 0.3 is 6.09 Å². The smallest absolute Gasteiger partial charge is 0.412 e. The van der Waals surface area contributed by atoms with Crippen LogP contribution in [-0.2, 0) is 4.74 Å². The molecule has 2 aromatic heterocycles. The van der Waals surface area contributed by atoms with Crippen molar-refractivity contribution in [3.05, 3.63) is 81.4 Å². The lowest BCUT2D eigenvalue weighted by Crippen LogP contribution is -2.17. The monoisotopic (exact) mass is 482 g/mol. The number of nitrogens with one attached hydrogen (secondary N) is 2. The molecule has 0 bridgehead atoms. The zero-order valence-electron chi connectivity index (χ0n) is 17.7. The highest BCUT2D eigenvalue weighted by molar-refractivity contribution is 7.11. The summed E-state index contributed by atoms with van der Waals surface area (Å²) < 4.78 is 10.9. The highest BCUT2D eigenvalue weighted by atomic mass is 35.5. The standard InChI is InChI=1S/C23H19ClN4O4S/c1-13-19(27-23(30)31-14(2)17-5-3-4-6-18(17)24)20(32-28-13)15-7-9-16(10-8-15)26-21(29)22-25-11-12-33-22/h3-12,14H,1-2H3,(H,26,29)(H,27,30). The summed E-state index contributed by atoms with van der Waals surface area (Å²) in [5.41, 5.74) is 2.85. The zero-order chi connectivity index (χ0) is 23.4. The van der Waals surface area contributed by atoms with E-state index in [1.165, 1.54) is 11.3 Å². The molecule has 1 atom stereocenters. The molecule has 4 aromatic rings. The summed E-state index contributed by atoms with van der Waals surface area (Å²) in [6.45, 7) is 3.45. The van der Waals surface area contributed by atoms with E-state index in [1.807, 2.05) is 6.07 Å². The number of rotatable bonds is 6. The van der Waals surface area contributed by atoms with Crippen molar-refractivity contribution >= 4 is 46.3 Å². The molecule has 168 valence electrons. The van der Waals surface area contributed by atoms with Crippen LogP contribution in [0.25, 0.3) is 11.3 Å². The molecular weight excluding hydrogens is 464 g/mol. The van der Waals surface area contributed by atoms with Gasteiger partial charge in [0.05, 0.1) is 0 Å². The van der Waals surface area contributed by atoms with Gasteiger partial charge in [-0.2, -0.15) is 0 Å². The number of ether oxygens (including phenoxy) is 1. The van der Waals surface area contributed by atoms with Crippen molar-refractivity contribution in [2.45, 2.75) is 20.0 Å². The number of nitrogens with zero attached hydrogens (tertiary/aromatic N) is 2. The van der Waals surface area contributed by atoms with Crippen LogP contribution in [0.1, 0.15) is 34.1 Å². The quantitative estimate of drug-likeness (QED) is 0.333. The molecular formula is C23H19ClN4O4S. The molecule has 4 rings (SSSR count). The molecule has 0 fully saturated rings. The second-order valence-corrected chi connectivity index (χ2v) is 8.34. The minimum atomic E-state index is -0.665. The highest BCUT2D eigenvalue weighted by Gasteiger charge is 2.21. The van der Waals surface area contributed by atoms with Crippen LogP contribution in [0.4, 0.5) is 16.2 Å². The fourth-order valence-electron chi connectivity index (χ4n) is 3.10. The Kier molecular flexibility index (Phi) is 6.71. The van der Waals surface area contributed by atoms with E-state index in [-0.39, 0.29) is 5.91 Å². The Morgan fingerprint density at radius 2 is 1.88 bits per heavy atom. The lowest BCUT2D eigenvalue weighted by Gasteiger charge is -2.15. The van der Waals surface area contributed by atoms with Crippen molar-refractivity contribution in [2.75, 3.05) is 10.6 Å². The van der Waals surface area contributed by atoms with E-state index in [9.17, 15) is 9.59 Å². The summed E-state index contributed by atoms with van der Waals surface area (Å²) in [6.07, 6.45) is 0.356. The molecule has 0 aliphatic rings. The fourth-order valence-corrected chi connectivity index (χ4v) is 3.92. The molecule has 0 aliphatic heterocycles. The van der Waals surface area contributed by atoms with E-state index >= 15 is 0 Å². The Balaban J connectivity index is 1.45. The van der Waals surface area contributed by atoms with Crippen LogP contribution in [0, 0.1) is 6.92 Å². The van der Waals surface area contributed by atoms with Crippen LogP contribution < -0.4 is 10.6 Å². The van der Waals surface area contributed by atoms with Crippen LogP contribution >= 0.6 is 22.9 Å². The van der Waals surface area contributed by atoms with Crippen molar-refractivity contribution < 1.29 is 18.8 Å². The van der Waals surface area contributed by atoms with Crippen molar-refractivity contribution in [2.24, 2.45) is 0 Å². The SMILES string of the molecule is Cc1noc(-c2ccc(NC(=O)c3nccs3)cc2)c1NC(=O)OC(C)c1ccccc1Cl. The molecule has 1 unspecified atom stereocenters. The largest absolute Gasteiger partial charge is 0.441 e. The average Bonchev–Trinajstić information content (AvgIpc) is 3.46. The molecule has 2 heterocycles. The Morgan fingerprint density at radius 1 is 1.12 bits per heavy atom. The fraction of sp³-hybridized carbons (Fsp3) is 0.130. The van der Waals surface area contributed by atoms with Crippen molar-refractivity contribution in [3.63, 3.8) is 0 Å². The summed E-state index contributed by atoms with van der Waals surface area (Å²) in [5, 5.41) is 12.1. The maximum atomic E-state index is 12.5. The molecule has 10 heteroatoms. The summed E-state index contributed by atoms with van der Waals surface area (Å²) in [6, 6.07) is 14.1. The van der Waals surface area contributed by atoms with Gasteiger partial charge in [-0.1, -0.05) is 35.0 Å². The Morgan fingerprint density at radius 3 is 2.58 bits per heavy atom. The zero-order valence-corrected chi connectivity index (χ0v) is 19.2. The summed E-state index contributed by atoms with van der Waals surface area (Å²) >= 11 is 7.44. The Bertz CT molecular complexity index is 1270. The van der Waals surface area contributed by atoms with Gasteiger partial charge in [-0.05, 0) is 44.2 Å². The molecule has 0 spiro atoms. The van der Waals surface area contributed by atoms with Crippen LogP contribution in [0.3, 0.4) is 0 Å². The summed E-state index contributed by atoms with van der Waals surface area (Å²) in [4.78, 5) is 28.7. The number of anilines is 2. The van der Waals surface area contributed by atoms with Crippen LogP contribution in [0.2, 0.25) is 5.02 Å². The van der Waals surface area contributed by atoms with E-state index in [0.717, 1.165) is 0 Å². The number of benzene rings is 2. The predicted molar refractivity (Wildman–Crippen MR) is 127 cm³/mol. The molecule has 0 aliphatic carbocycles. The van der Waals surface area contributed by atoms with E-state index < -0.39 is 12.2 Å². The molecule has 0 saturated carbocycles. The third kappa shape index (κ3) is 5.21. The summed E-state index contributed by atoms with van der Waals surface area (Å²) in [5.74, 6) is 0.0821. The number of aryl methyl sites for hydroxylation is 1. The van der Waals surface area contributed by atoms with Gasteiger partial charge in [0.1, 0.15) is 17.5 Å². The van der Waals surface area contributed by atoms with Crippen LogP contribution in [0.5, 0.6) is 0 Å². The number of halogens is 1. The normalized spacial score (nSPS) is 11.6. The molecule has 0 radical (unpaired) electrons. The van der Waals surface area contributed by atoms with Gasteiger partial charge in [0.25, 0.3) is 5.91 Å². The topological polar surface area (TPSA) is 106 Å². The van der Waals surface area contributed by atoms with Gasteiger partial charge < -0.3 is 14.6 Å². The molecule has 0 saturated heterocycles. The molecule has 2 amide bonds. The second-order valence-electron chi connectivity index (χ2n) is 7.03. The van der Waals surface area contributed by atoms with E-state index in [4.69, 9.17) is 20.9 Å². The lowest BCUT2D eigenvalue weighted by atomic mass is 10.1. The highest BCUT2D eigenvalue weighted by Crippen LogP contribution is 2.32. The molecule has 8 nitrogen and oxygen atoms in total. The number of carbonyl (C=O) groups excluding carboxylic acids is 2.